The maximum absolute atomic E-state index is 13.3. The van der Waals surface area contributed by atoms with Gasteiger partial charge in [-0.15, -0.1) is 0 Å². The van der Waals surface area contributed by atoms with Crippen molar-refractivity contribution in [3.63, 3.8) is 0 Å². The number of esters is 1. The molecule has 0 heterocycles. The second-order valence-electron chi connectivity index (χ2n) is 5.62. The molecular formula is C13H22F4O3. The minimum Gasteiger partial charge on any atom is -0.433 e. The van der Waals surface area contributed by atoms with E-state index in [1.54, 1.807) is 20.8 Å². The first-order chi connectivity index (χ1) is 8.71. The molecule has 0 aliphatic rings. The van der Waals surface area contributed by atoms with E-state index in [0.29, 0.717) is 6.42 Å². The highest BCUT2D eigenvalue weighted by atomic mass is 19.3. The second kappa shape index (κ2) is 5.87. The van der Waals surface area contributed by atoms with E-state index in [9.17, 15) is 22.4 Å². The van der Waals surface area contributed by atoms with Crippen LogP contribution in [0.2, 0.25) is 0 Å². The van der Waals surface area contributed by atoms with Gasteiger partial charge in [-0.3, -0.25) is 9.53 Å². The monoisotopic (exact) mass is 302 g/mol. The summed E-state index contributed by atoms with van der Waals surface area (Å²) in [4.78, 5) is 11.9. The molecule has 0 aliphatic heterocycles. The zero-order chi connectivity index (χ0) is 16.4. The van der Waals surface area contributed by atoms with Gasteiger partial charge in [0.25, 0.3) is 0 Å². The molecular weight excluding hydrogens is 280 g/mol. The van der Waals surface area contributed by atoms with Crippen LogP contribution in [0, 0.1) is 5.41 Å². The largest absolute Gasteiger partial charge is 0.433 e. The molecule has 0 aromatic rings. The van der Waals surface area contributed by atoms with Crippen LogP contribution in [0.3, 0.4) is 0 Å². The van der Waals surface area contributed by atoms with Crippen LogP contribution in [0.25, 0.3) is 0 Å². The Labute approximate surface area is 116 Å². The average molecular weight is 302 g/mol. The molecule has 1 atom stereocenters. The molecule has 0 spiro atoms. The number of hydrogen-bond donors (Lipinski definition) is 0. The van der Waals surface area contributed by atoms with Gasteiger partial charge in [0, 0.05) is 20.3 Å². The molecule has 0 aromatic heterocycles. The van der Waals surface area contributed by atoms with E-state index in [-0.39, 0.29) is 13.3 Å². The molecule has 0 aliphatic carbocycles. The van der Waals surface area contributed by atoms with E-state index >= 15 is 0 Å². The Morgan fingerprint density at radius 1 is 0.950 bits per heavy atom. The molecule has 0 N–H and O–H groups in total. The topological polar surface area (TPSA) is 35.5 Å². The Kier molecular flexibility index (Phi) is 5.62. The molecule has 0 bridgehead atoms. The lowest BCUT2D eigenvalue weighted by molar-refractivity contribution is -0.410. The number of carbonyl (C=O) groups excluding carboxylic acids is 1. The summed E-state index contributed by atoms with van der Waals surface area (Å²) in [6, 6.07) is 0. The summed E-state index contributed by atoms with van der Waals surface area (Å²) >= 11 is 0. The molecule has 0 rings (SSSR count). The number of halogens is 4. The number of ether oxygens (including phenoxy) is 2. The summed E-state index contributed by atoms with van der Waals surface area (Å²) in [7, 11) is 0. The second-order valence-corrected chi connectivity index (χ2v) is 5.62. The highest BCUT2D eigenvalue weighted by molar-refractivity contribution is 5.76. The summed E-state index contributed by atoms with van der Waals surface area (Å²) in [5.41, 5.74) is -0.913. The lowest BCUT2D eigenvalue weighted by atomic mass is 9.90. The number of carbonyl (C=O) groups is 1. The van der Waals surface area contributed by atoms with Gasteiger partial charge in [-0.1, -0.05) is 13.8 Å². The van der Waals surface area contributed by atoms with Gasteiger partial charge in [0.1, 0.15) is 0 Å². The van der Waals surface area contributed by atoms with Crippen molar-refractivity contribution in [2.45, 2.75) is 72.2 Å². The van der Waals surface area contributed by atoms with Crippen LogP contribution in [0.1, 0.15) is 54.4 Å². The van der Waals surface area contributed by atoms with Gasteiger partial charge < -0.3 is 4.74 Å². The lowest BCUT2D eigenvalue weighted by Crippen LogP contribution is -2.50. The molecule has 20 heavy (non-hydrogen) atoms. The van der Waals surface area contributed by atoms with Gasteiger partial charge in [-0.2, -0.15) is 17.6 Å². The van der Waals surface area contributed by atoms with Crippen LogP contribution >= 0.6 is 0 Å². The lowest BCUT2D eigenvalue weighted by Gasteiger charge is -2.36. The number of hydrogen-bond acceptors (Lipinski definition) is 3. The first kappa shape index (κ1) is 19.1. The molecule has 0 saturated heterocycles. The number of alkyl halides is 4. The van der Waals surface area contributed by atoms with Crippen LogP contribution < -0.4 is 0 Å². The van der Waals surface area contributed by atoms with Gasteiger partial charge >= 0.3 is 18.0 Å². The third kappa shape index (κ3) is 4.61. The van der Waals surface area contributed by atoms with Gasteiger partial charge in [-0.05, 0) is 20.3 Å². The Balaban J connectivity index is 5.11. The fourth-order valence-corrected chi connectivity index (χ4v) is 1.00. The average Bonchev–Trinajstić information content (AvgIpc) is 2.26. The standard InChI is InChI=1S/C13H22F4O3/c1-7-10(3,4)9(18)19-11(5,8-2)20-13(16,17)12(6,14)15/h7-8H2,1-6H3. The maximum atomic E-state index is 13.3. The predicted molar refractivity (Wildman–Crippen MR) is 65.5 cm³/mol. The van der Waals surface area contributed by atoms with Crippen molar-refractivity contribution in [2.75, 3.05) is 0 Å². The Morgan fingerprint density at radius 2 is 1.40 bits per heavy atom. The zero-order valence-electron chi connectivity index (χ0n) is 12.7. The van der Waals surface area contributed by atoms with E-state index in [0.717, 1.165) is 6.92 Å². The van der Waals surface area contributed by atoms with Crippen molar-refractivity contribution in [1.29, 1.82) is 0 Å². The van der Waals surface area contributed by atoms with Gasteiger partial charge in [0.2, 0.25) is 5.79 Å². The summed E-state index contributed by atoms with van der Waals surface area (Å²) in [6.07, 6.45) is -4.51. The molecule has 1 unspecified atom stereocenters. The normalized spacial score (nSPS) is 16.7. The van der Waals surface area contributed by atoms with E-state index in [2.05, 4.69) is 4.74 Å². The van der Waals surface area contributed by atoms with Crippen LogP contribution in [-0.4, -0.2) is 23.8 Å². The summed E-state index contributed by atoms with van der Waals surface area (Å²) in [5, 5.41) is 0. The van der Waals surface area contributed by atoms with Gasteiger partial charge in [0.05, 0.1) is 5.41 Å². The van der Waals surface area contributed by atoms with Crippen molar-refractivity contribution in [1.82, 2.24) is 0 Å². The Morgan fingerprint density at radius 3 is 1.70 bits per heavy atom. The predicted octanol–water partition coefficient (Wildman–Crippen LogP) is 4.36. The summed E-state index contributed by atoms with van der Waals surface area (Å²) in [5.74, 6) is -7.28. The smallest absolute Gasteiger partial charge is 0.422 e. The Hall–Kier alpha value is -0.850. The van der Waals surface area contributed by atoms with Crippen LogP contribution in [0.4, 0.5) is 17.6 Å². The van der Waals surface area contributed by atoms with E-state index in [4.69, 9.17) is 4.74 Å². The maximum Gasteiger partial charge on any atom is 0.422 e. The fraction of sp³-hybridized carbons (Fsp3) is 0.923. The Bertz CT molecular complexity index is 350. The molecule has 3 nitrogen and oxygen atoms in total. The van der Waals surface area contributed by atoms with Crippen molar-refractivity contribution in [3.8, 4) is 0 Å². The minimum absolute atomic E-state index is 0.0425. The van der Waals surface area contributed by atoms with E-state index in [1.807, 2.05) is 0 Å². The zero-order valence-corrected chi connectivity index (χ0v) is 12.7. The first-order valence-corrected chi connectivity index (χ1v) is 6.40. The molecule has 0 aromatic carbocycles. The molecule has 0 saturated carbocycles. The molecule has 0 fully saturated rings. The van der Waals surface area contributed by atoms with Crippen molar-refractivity contribution in [3.05, 3.63) is 0 Å². The van der Waals surface area contributed by atoms with Crippen LogP contribution in [0.5, 0.6) is 0 Å². The molecule has 120 valence electrons. The molecule has 0 amide bonds. The van der Waals surface area contributed by atoms with E-state index < -0.39 is 29.2 Å². The SMILES string of the molecule is CCC(C)(OC(=O)C(C)(C)CC)OC(F)(F)C(C)(F)F. The first-order valence-electron chi connectivity index (χ1n) is 6.40. The minimum atomic E-state index is -4.73. The van der Waals surface area contributed by atoms with Gasteiger partial charge in [0.15, 0.2) is 0 Å². The third-order valence-electron chi connectivity index (χ3n) is 3.24. The highest BCUT2D eigenvalue weighted by Crippen LogP contribution is 2.40. The molecule has 7 heteroatoms. The summed E-state index contributed by atoms with van der Waals surface area (Å²) in [6.45, 7) is 7.34. The van der Waals surface area contributed by atoms with Gasteiger partial charge in [-0.25, -0.2) is 0 Å². The quantitative estimate of drug-likeness (QED) is 0.398. The van der Waals surface area contributed by atoms with Crippen molar-refractivity contribution in [2.24, 2.45) is 5.41 Å². The summed E-state index contributed by atoms with van der Waals surface area (Å²) < 4.78 is 61.2. The van der Waals surface area contributed by atoms with Crippen LogP contribution in [0.15, 0.2) is 0 Å². The third-order valence-corrected chi connectivity index (χ3v) is 3.24. The highest BCUT2D eigenvalue weighted by Gasteiger charge is 2.58. The number of rotatable bonds is 7. The fourth-order valence-electron chi connectivity index (χ4n) is 1.00. The van der Waals surface area contributed by atoms with Crippen molar-refractivity contribution >= 4 is 5.97 Å². The molecule has 0 radical (unpaired) electrons. The van der Waals surface area contributed by atoms with E-state index in [1.165, 1.54) is 6.92 Å². The van der Waals surface area contributed by atoms with Crippen molar-refractivity contribution < 1.29 is 31.8 Å². The van der Waals surface area contributed by atoms with Crippen LogP contribution in [-0.2, 0) is 14.3 Å².